The van der Waals surface area contributed by atoms with Crippen molar-refractivity contribution < 1.29 is 14.1 Å². The molecule has 0 saturated carbocycles. The van der Waals surface area contributed by atoms with E-state index in [2.05, 4.69) is 29.2 Å². The standard InChI is InChI=1S/C18H24N2O3/c1-11-7-16(8-12(2)18(11)22-15(5)21)9-20(6)10-17-13(3)19-23-14(17)4/h7-8H,9-10H2,1-6H3. The van der Waals surface area contributed by atoms with Gasteiger partial charge in [-0.05, 0) is 51.4 Å². The van der Waals surface area contributed by atoms with Gasteiger partial charge in [0.05, 0.1) is 5.69 Å². The first-order valence-corrected chi connectivity index (χ1v) is 7.66. The van der Waals surface area contributed by atoms with E-state index in [1.54, 1.807) is 0 Å². The van der Waals surface area contributed by atoms with Gasteiger partial charge >= 0.3 is 5.97 Å². The fourth-order valence-corrected chi connectivity index (χ4v) is 2.80. The minimum atomic E-state index is -0.292. The predicted octanol–water partition coefficient (Wildman–Crippen LogP) is 3.47. The number of nitrogens with zero attached hydrogens (tertiary/aromatic N) is 2. The predicted molar refractivity (Wildman–Crippen MR) is 88.4 cm³/mol. The quantitative estimate of drug-likeness (QED) is 0.624. The number of aryl methyl sites for hydroxylation is 4. The van der Waals surface area contributed by atoms with Crippen LogP contribution in [0.2, 0.25) is 0 Å². The zero-order valence-corrected chi connectivity index (χ0v) is 14.7. The van der Waals surface area contributed by atoms with E-state index >= 15 is 0 Å². The molecule has 5 nitrogen and oxygen atoms in total. The molecule has 124 valence electrons. The Labute approximate surface area is 137 Å². The minimum absolute atomic E-state index is 0.292. The summed E-state index contributed by atoms with van der Waals surface area (Å²) >= 11 is 0. The highest BCUT2D eigenvalue weighted by Crippen LogP contribution is 2.26. The lowest BCUT2D eigenvalue weighted by molar-refractivity contribution is -0.131. The largest absolute Gasteiger partial charge is 0.426 e. The van der Waals surface area contributed by atoms with Crippen molar-refractivity contribution in [3.63, 3.8) is 0 Å². The van der Waals surface area contributed by atoms with Crippen LogP contribution >= 0.6 is 0 Å². The second kappa shape index (κ2) is 6.96. The first kappa shape index (κ1) is 17.2. The molecule has 1 aromatic carbocycles. The van der Waals surface area contributed by atoms with Crippen LogP contribution in [0.4, 0.5) is 0 Å². The Hall–Kier alpha value is -2.14. The van der Waals surface area contributed by atoms with Crippen molar-refractivity contribution >= 4 is 5.97 Å². The van der Waals surface area contributed by atoms with E-state index in [9.17, 15) is 4.79 Å². The highest BCUT2D eigenvalue weighted by Gasteiger charge is 2.13. The molecule has 0 unspecified atom stereocenters. The lowest BCUT2D eigenvalue weighted by Gasteiger charge is -2.18. The lowest BCUT2D eigenvalue weighted by atomic mass is 10.0. The Morgan fingerprint density at radius 3 is 2.26 bits per heavy atom. The second-order valence-electron chi connectivity index (χ2n) is 6.13. The number of carbonyl (C=O) groups excluding carboxylic acids is 1. The Kier molecular flexibility index (Phi) is 5.21. The zero-order chi connectivity index (χ0) is 17.1. The topological polar surface area (TPSA) is 55.6 Å². The number of aromatic nitrogens is 1. The van der Waals surface area contributed by atoms with Crippen molar-refractivity contribution in [3.05, 3.63) is 45.8 Å². The van der Waals surface area contributed by atoms with Crippen molar-refractivity contribution in [2.24, 2.45) is 0 Å². The third kappa shape index (κ3) is 4.20. The van der Waals surface area contributed by atoms with Crippen LogP contribution in [0.1, 0.15) is 40.6 Å². The fourth-order valence-electron chi connectivity index (χ4n) is 2.80. The first-order chi connectivity index (χ1) is 10.8. The molecule has 0 aliphatic heterocycles. The van der Waals surface area contributed by atoms with Gasteiger partial charge in [0.1, 0.15) is 11.5 Å². The highest BCUT2D eigenvalue weighted by molar-refractivity contribution is 5.70. The maximum Gasteiger partial charge on any atom is 0.308 e. The molecule has 5 heteroatoms. The molecule has 2 rings (SSSR count). The van der Waals surface area contributed by atoms with Crippen LogP contribution in [-0.2, 0) is 17.9 Å². The third-order valence-corrected chi connectivity index (χ3v) is 3.83. The molecule has 1 heterocycles. The van der Waals surface area contributed by atoms with Crippen molar-refractivity contribution in [1.29, 1.82) is 0 Å². The van der Waals surface area contributed by atoms with Crippen LogP contribution in [0.3, 0.4) is 0 Å². The maximum atomic E-state index is 11.2. The molecule has 0 fully saturated rings. The Morgan fingerprint density at radius 2 is 1.78 bits per heavy atom. The van der Waals surface area contributed by atoms with E-state index in [1.165, 1.54) is 12.5 Å². The van der Waals surface area contributed by atoms with E-state index in [0.29, 0.717) is 5.75 Å². The molecular formula is C18H24N2O3. The van der Waals surface area contributed by atoms with Gasteiger partial charge in [-0.25, -0.2) is 0 Å². The Morgan fingerprint density at radius 1 is 1.17 bits per heavy atom. The summed E-state index contributed by atoms with van der Waals surface area (Å²) in [5, 5.41) is 3.99. The van der Waals surface area contributed by atoms with E-state index < -0.39 is 0 Å². The summed E-state index contributed by atoms with van der Waals surface area (Å²) in [6.07, 6.45) is 0. The van der Waals surface area contributed by atoms with Gasteiger partial charge in [0.15, 0.2) is 0 Å². The van der Waals surface area contributed by atoms with E-state index in [4.69, 9.17) is 9.26 Å². The average Bonchev–Trinajstić information content (AvgIpc) is 2.74. The molecule has 0 amide bonds. The number of rotatable bonds is 5. The number of ether oxygens (including phenoxy) is 1. The van der Waals surface area contributed by atoms with Crippen molar-refractivity contribution in [3.8, 4) is 5.75 Å². The normalized spacial score (nSPS) is 11.1. The highest BCUT2D eigenvalue weighted by atomic mass is 16.5. The zero-order valence-electron chi connectivity index (χ0n) is 14.7. The van der Waals surface area contributed by atoms with Crippen LogP contribution in [0.15, 0.2) is 16.7 Å². The van der Waals surface area contributed by atoms with E-state index in [0.717, 1.165) is 41.2 Å². The van der Waals surface area contributed by atoms with Gasteiger partial charge in [-0.1, -0.05) is 17.3 Å². The monoisotopic (exact) mass is 316 g/mol. The summed E-state index contributed by atoms with van der Waals surface area (Å²) in [5.74, 6) is 1.24. The third-order valence-electron chi connectivity index (χ3n) is 3.83. The van der Waals surface area contributed by atoms with Crippen LogP contribution in [0.5, 0.6) is 5.75 Å². The molecule has 2 aromatic rings. The van der Waals surface area contributed by atoms with Gasteiger partial charge < -0.3 is 9.26 Å². The Bertz CT molecular complexity index is 677. The molecular weight excluding hydrogens is 292 g/mol. The molecule has 0 spiro atoms. The van der Waals surface area contributed by atoms with Crippen LogP contribution in [0.25, 0.3) is 0 Å². The number of hydrogen-bond donors (Lipinski definition) is 0. The molecule has 1 aromatic heterocycles. The number of carbonyl (C=O) groups is 1. The van der Waals surface area contributed by atoms with Gasteiger partial charge in [-0.3, -0.25) is 9.69 Å². The first-order valence-electron chi connectivity index (χ1n) is 7.66. The molecule has 0 radical (unpaired) electrons. The van der Waals surface area contributed by atoms with E-state index in [-0.39, 0.29) is 5.97 Å². The number of esters is 1. The molecule has 0 bridgehead atoms. The molecule has 23 heavy (non-hydrogen) atoms. The van der Waals surface area contributed by atoms with Crippen LogP contribution in [0, 0.1) is 27.7 Å². The lowest BCUT2D eigenvalue weighted by Crippen LogP contribution is -2.18. The number of hydrogen-bond acceptors (Lipinski definition) is 5. The van der Waals surface area contributed by atoms with Gasteiger partial charge in [-0.2, -0.15) is 0 Å². The Balaban J connectivity index is 2.12. The smallest absolute Gasteiger partial charge is 0.308 e. The van der Waals surface area contributed by atoms with Gasteiger partial charge in [0.25, 0.3) is 0 Å². The summed E-state index contributed by atoms with van der Waals surface area (Å²) in [6.45, 7) is 10.8. The minimum Gasteiger partial charge on any atom is -0.426 e. The molecule has 0 saturated heterocycles. The molecule has 0 aliphatic rings. The van der Waals surface area contributed by atoms with Crippen molar-refractivity contribution in [1.82, 2.24) is 10.1 Å². The van der Waals surface area contributed by atoms with Gasteiger partial charge in [0, 0.05) is 25.6 Å². The summed E-state index contributed by atoms with van der Waals surface area (Å²) in [4.78, 5) is 13.4. The summed E-state index contributed by atoms with van der Waals surface area (Å²) in [6, 6.07) is 4.13. The van der Waals surface area contributed by atoms with Crippen LogP contribution in [-0.4, -0.2) is 23.1 Å². The average molecular weight is 316 g/mol. The van der Waals surface area contributed by atoms with Crippen molar-refractivity contribution in [2.45, 2.75) is 47.7 Å². The maximum absolute atomic E-state index is 11.2. The van der Waals surface area contributed by atoms with Crippen LogP contribution < -0.4 is 4.74 Å². The summed E-state index contributed by atoms with van der Waals surface area (Å²) in [7, 11) is 2.07. The molecule has 0 atom stereocenters. The van der Waals surface area contributed by atoms with Crippen molar-refractivity contribution in [2.75, 3.05) is 7.05 Å². The van der Waals surface area contributed by atoms with E-state index in [1.807, 2.05) is 27.7 Å². The van der Waals surface area contributed by atoms with Gasteiger partial charge in [0.2, 0.25) is 0 Å². The van der Waals surface area contributed by atoms with Gasteiger partial charge in [-0.15, -0.1) is 0 Å². The molecule has 0 aliphatic carbocycles. The summed E-state index contributed by atoms with van der Waals surface area (Å²) in [5.41, 5.74) is 5.21. The molecule has 0 N–H and O–H groups in total. The SMILES string of the molecule is CC(=O)Oc1c(C)cc(CN(C)Cc2c(C)noc2C)cc1C. The fraction of sp³-hybridized carbons (Fsp3) is 0.444. The summed E-state index contributed by atoms with van der Waals surface area (Å²) < 4.78 is 10.5. The second-order valence-corrected chi connectivity index (χ2v) is 6.13. The number of benzene rings is 1.